The Balaban J connectivity index is 1.70. The molecule has 154 valence electrons. The van der Waals surface area contributed by atoms with Gasteiger partial charge in [-0.25, -0.2) is 4.39 Å². The minimum absolute atomic E-state index is 0.0109. The normalized spacial score (nSPS) is 18.4. The van der Waals surface area contributed by atoms with Crippen LogP contribution in [0, 0.1) is 12.7 Å². The molecule has 5 nitrogen and oxygen atoms in total. The first-order chi connectivity index (χ1) is 14.3. The molecule has 0 spiro atoms. The number of nitrogens with zero attached hydrogens (tertiary/aromatic N) is 2. The second-order valence-electron chi connectivity index (χ2n) is 7.29. The van der Waals surface area contributed by atoms with Gasteiger partial charge in [0, 0.05) is 17.6 Å². The molecule has 2 aliphatic rings. The Hall–Kier alpha value is -2.58. The molecule has 2 amide bonds. The zero-order chi connectivity index (χ0) is 21.4. The topological polar surface area (TPSA) is 52.7 Å². The molecule has 0 radical (unpaired) electrons. The van der Waals surface area contributed by atoms with Crippen LogP contribution in [0.4, 0.5) is 15.8 Å². The lowest BCUT2D eigenvalue weighted by Crippen LogP contribution is -2.54. The van der Waals surface area contributed by atoms with Crippen molar-refractivity contribution in [1.82, 2.24) is 5.32 Å². The van der Waals surface area contributed by atoms with Crippen molar-refractivity contribution in [2.24, 2.45) is 0 Å². The first kappa shape index (κ1) is 20.7. The van der Waals surface area contributed by atoms with Gasteiger partial charge < -0.3 is 4.90 Å². The summed E-state index contributed by atoms with van der Waals surface area (Å²) in [6.45, 7) is 3.50. The number of hydrogen-bond acceptors (Lipinski definition) is 4. The molecule has 0 unspecified atom stereocenters. The van der Waals surface area contributed by atoms with E-state index in [1.165, 1.54) is 17.0 Å². The third kappa shape index (κ3) is 3.89. The summed E-state index contributed by atoms with van der Waals surface area (Å²) >= 11 is 8.56. The molecule has 2 fully saturated rings. The average molecular weight is 488 g/mol. The molecular formula is C22H19BrFN3O2S. The average Bonchev–Trinajstić information content (AvgIpc) is 3.23. The van der Waals surface area contributed by atoms with Crippen LogP contribution in [0.2, 0.25) is 0 Å². The number of amides is 2. The van der Waals surface area contributed by atoms with Gasteiger partial charge in [-0.3, -0.25) is 19.8 Å². The van der Waals surface area contributed by atoms with E-state index in [-0.39, 0.29) is 16.5 Å². The molecule has 8 heteroatoms. The Bertz CT molecular complexity index is 1080. The fourth-order valence-electron chi connectivity index (χ4n) is 3.68. The summed E-state index contributed by atoms with van der Waals surface area (Å²) in [7, 11) is 0. The van der Waals surface area contributed by atoms with Crippen LogP contribution in [0.1, 0.15) is 24.0 Å². The zero-order valence-electron chi connectivity index (χ0n) is 16.2. The number of anilines is 2. The highest BCUT2D eigenvalue weighted by atomic mass is 79.9. The lowest BCUT2D eigenvalue weighted by Gasteiger charge is -2.29. The highest BCUT2D eigenvalue weighted by Gasteiger charge is 2.34. The summed E-state index contributed by atoms with van der Waals surface area (Å²) < 4.78 is 15.6. The summed E-state index contributed by atoms with van der Waals surface area (Å²) in [6, 6.07) is 10.2. The number of benzene rings is 2. The molecule has 4 rings (SSSR count). The molecule has 0 aliphatic carbocycles. The Morgan fingerprint density at radius 2 is 1.80 bits per heavy atom. The highest BCUT2D eigenvalue weighted by Crippen LogP contribution is 2.29. The van der Waals surface area contributed by atoms with Gasteiger partial charge in [0.2, 0.25) is 0 Å². The fourth-order valence-corrected chi connectivity index (χ4v) is 4.22. The van der Waals surface area contributed by atoms with Gasteiger partial charge in [0.1, 0.15) is 11.4 Å². The fraction of sp³-hybridized carbons (Fsp3) is 0.227. The van der Waals surface area contributed by atoms with Crippen molar-refractivity contribution >= 4 is 62.5 Å². The van der Waals surface area contributed by atoms with E-state index < -0.39 is 11.8 Å². The molecule has 2 aromatic rings. The monoisotopic (exact) mass is 487 g/mol. The summed E-state index contributed by atoms with van der Waals surface area (Å²) in [4.78, 5) is 28.9. The predicted molar refractivity (Wildman–Crippen MR) is 123 cm³/mol. The van der Waals surface area contributed by atoms with Gasteiger partial charge >= 0.3 is 0 Å². The maximum atomic E-state index is 14.8. The Morgan fingerprint density at radius 1 is 1.13 bits per heavy atom. The lowest BCUT2D eigenvalue weighted by molar-refractivity contribution is -0.122. The van der Waals surface area contributed by atoms with Crippen LogP contribution in [-0.4, -0.2) is 30.0 Å². The number of rotatable bonds is 3. The van der Waals surface area contributed by atoms with Gasteiger partial charge in [0.15, 0.2) is 5.11 Å². The van der Waals surface area contributed by atoms with Crippen molar-refractivity contribution in [1.29, 1.82) is 0 Å². The van der Waals surface area contributed by atoms with E-state index in [4.69, 9.17) is 12.2 Å². The van der Waals surface area contributed by atoms with Crippen LogP contribution in [0.3, 0.4) is 0 Å². The summed E-state index contributed by atoms with van der Waals surface area (Å²) in [5.41, 5.74) is 2.27. The van der Waals surface area contributed by atoms with Gasteiger partial charge in [0.05, 0.1) is 11.4 Å². The van der Waals surface area contributed by atoms with Crippen molar-refractivity contribution in [2.75, 3.05) is 22.9 Å². The number of carbonyl (C=O) groups excluding carboxylic acids is 2. The second kappa shape index (κ2) is 8.28. The first-order valence-corrected chi connectivity index (χ1v) is 10.8. The van der Waals surface area contributed by atoms with E-state index in [9.17, 15) is 14.0 Å². The molecule has 2 aliphatic heterocycles. The minimum Gasteiger partial charge on any atom is -0.369 e. The highest BCUT2D eigenvalue weighted by molar-refractivity contribution is 9.10. The van der Waals surface area contributed by atoms with Crippen LogP contribution in [0.15, 0.2) is 46.4 Å². The number of aryl methyl sites for hydroxylation is 1. The quantitative estimate of drug-likeness (QED) is 0.397. The van der Waals surface area contributed by atoms with Gasteiger partial charge in [0.25, 0.3) is 11.8 Å². The molecule has 0 saturated carbocycles. The first-order valence-electron chi connectivity index (χ1n) is 9.57. The zero-order valence-corrected chi connectivity index (χ0v) is 18.6. The number of hydrogen-bond donors (Lipinski definition) is 1. The second-order valence-corrected chi connectivity index (χ2v) is 8.59. The third-order valence-electron chi connectivity index (χ3n) is 5.27. The van der Waals surface area contributed by atoms with E-state index in [0.717, 1.165) is 36.0 Å². The van der Waals surface area contributed by atoms with E-state index >= 15 is 0 Å². The van der Waals surface area contributed by atoms with Crippen molar-refractivity contribution in [3.63, 3.8) is 0 Å². The van der Waals surface area contributed by atoms with E-state index in [1.807, 2.05) is 11.8 Å². The van der Waals surface area contributed by atoms with E-state index in [2.05, 4.69) is 21.2 Å². The minimum atomic E-state index is -0.596. The Labute approximate surface area is 187 Å². The number of halogens is 2. The van der Waals surface area contributed by atoms with Crippen LogP contribution < -0.4 is 15.1 Å². The molecule has 2 aromatic carbocycles. The summed E-state index contributed by atoms with van der Waals surface area (Å²) in [5.74, 6) is -1.51. The van der Waals surface area contributed by atoms with E-state index in [0.29, 0.717) is 16.9 Å². The summed E-state index contributed by atoms with van der Waals surface area (Å²) in [5, 5.41) is 2.56. The van der Waals surface area contributed by atoms with Crippen LogP contribution in [-0.2, 0) is 9.59 Å². The lowest BCUT2D eigenvalue weighted by atomic mass is 10.0. The third-order valence-corrected chi connectivity index (χ3v) is 6.08. The van der Waals surface area contributed by atoms with E-state index in [1.54, 1.807) is 30.3 Å². The summed E-state index contributed by atoms with van der Waals surface area (Å²) in [6.07, 6.45) is 3.52. The molecule has 2 heterocycles. The molecule has 0 atom stereocenters. The van der Waals surface area contributed by atoms with Crippen molar-refractivity contribution in [3.05, 3.63) is 63.4 Å². The number of nitrogens with one attached hydrogen (secondary N) is 1. The Morgan fingerprint density at radius 3 is 2.47 bits per heavy atom. The molecule has 0 aromatic heterocycles. The Kier molecular flexibility index (Phi) is 5.71. The smallest absolute Gasteiger partial charge is 0.270 e. The van der Waals surface area contributed by atoms with Crippen LogP contribution in [0.5, 0.6) is 0 Å². The van der Waals surface area contributed by atoms with Gasteiger partial charge in [-0.1, -0.05) is 15.9 Å². The molecule has 30 heavy (non-hydrogen) atoms. The molecule has 0 bridgehead atoms. The maximum Gasteiger partial charge on any atom is 0.270 e. The van der Waals surface area contributed by atoms with Gasteiger partial charge in [-0.2, -0.15) is 0 Å². The predicted octanol–water partition coefficient (Wildman–Crippen LogP) is 4.33. The van der Waals surface area contributed by atoms with Crippen molar-refractivity contribution in [3.8, 4) is 0 Å². The number of carbonyl (C=O) groups is 2. The standard InChI is InChI=1S/C22H19BrFN3O2S/c1-13-10-19(26-8-2-3-9-26)18(24)12-14(13)11-17-20(28)25-22(30)27(21(17)29)16-6-4-15(23)5-7-16/h4-7,10-12H,2-3,8-9H2,1H3,(H,25,28,30). The largest absolute Gasteiger partial charge is 0.369 e. The van der Waals surface area contributed by atoms with Crippen LogP contribution >= 0.6 is 28.1 Å². The molecule has 2 saturated heterocycles. The van der Waals surface area contributed by atoms with Gasteiger partial charge in [-0.15, -0.1) is 0 Å². The SMILES string of the molecule is Cc1cc(N2CCCC2)c(F)cc1C=C1C(=O)NC(=S)N(c2ccc(Br)cc2)C1=O. The molecular weight excluding hydrogens is 469 g/mol. The van der Waals surface area contributed by atoms with Crippen LogP contribution in [0.25, 0.3) is 6.08 Å². The van der Waals surface area contributed by atoms with Crippen molar-refractivity contribution in [2.45, 2.75) is 19.8 Å². The van der Waals surface area contributed by atoms with Crippen molar-refractivity contribution < 1.29 is 14.0 Å². The van der Waals surface area contributed by atoms with Gasteiger partial charge in [-0.05, 0) is 85.6 Å². The molecule has 1 N–H and O–H groups in total. The maximum absolute atomic E-state index is 14.8. The number of thiocarbonyl (C=S) groups is 1.